The van der Waals surface area contributed by atoms with E-state index in [0.717, 1.165) is 23.4 Å². The molecule has 0 bridgehead atoms. The molecule has 0 aromatic heterocycles. The molecule has 6 heteroatoms. The number of hydrogen-bond acceptors (Lipinski definition) is 2. The van der Waals surface area contributed by atoms with Crippen molar-refractivity contribution in [3.8, 4) is 0 Å². The molecule has 0 saturated heterocycles. The van der Waals surface area contributed by atoms with Gasteiger partial charge >= 0.3 is 0 Å². The van der Waals surface area contributed by atoms with Gasteiger partial charge in [-0.1, -0.05) is 6.92 Å². The molecule has 0 spiro atoms. The van der Waals surface area contributed by atoms with Gasteiger partial charge in [-0.3, -0.25) is 9.59 Å². The summed E-state index contributed by atoms with van der Waals surface area (Å²) in [5, 5.41) is 2.54. The number of carbonyl (C=O) groups excluding carboxylic acids is 2. The van der Waals surface area contributed by atoms with Crippen molar-refractivity contribution in [3.63, 3.8) is 0 Å². The second-order valence-electron chi connectivity index (χ2n) is 5.58. The molecule has 2 aromatic carbocycles. The van der Waals surface area contributed by atoms with E-state index >= 15 is 0 Å². The third-order valence-corrected chi connectivity index (χ3v) is 4.02. The molecular weight excluding hydrogens is 314 g/mol. The third-order valence-electron chi connectivity index (χ3n) is 4.02. The average molecular weight is 330 g/mol. The maximum atomic E-state index is 13.2. The van der Waals surface area contributed by atoms with Crippen molar-refractivity contribution in [1.82, 2.24) is 0 Å². The van der Waals surface area contributed by atoms with Crippen LogP contribution in [0.5, 0.6) is 0 Å². The Morgan fingerprint density at radius 3 is 2.62 bits per heavy atom. The largest absolute Gasteiger partial charge is 0.322 e. The first-order valence-corrected chi connectivity index (χ1v) is 7.69. The number of anilines is 2. The molecule has 0 unspecified atom stereocenters. The Morgan fingerprint density at radius 2 is 1.92 bits per heavy atom. The molecule has 1 aliphatic heterocycles. The van der Waals surface area contributed by atoms with Crippen LogP contribution in [-0.4, -0.2) is 18.4 Å². The van der Waals surface area contributed by atoms with Crippen LogP contribution in [0.3, 0.4) is 0 Å². The van der Waals surface area contributed by atoms with Crippen molar-refractivity contribution in [2.24, 2.45) is 0 Å². The number of rotatable bonds is 3. The predicted octanol–water partition coefficient (Wildman–Crippen LogP) is 3.52. The highest BCUT2D eigenvalue weighted by molar-refractivity contribution is 6.05. The molecule has 3 rings (SSSR count). The first-order valence-electron chi connectivity index (χ1n) is 7.69. The zero-order chi connectivity index (χ0) is 17.3. The maximum Gasteiger partial charge on any atom is 0.255 e. The van der Waals surface area contributed by atoms with Crippen LogP contribution in [-0.2, 0) is 11.2 Å². The van der Waals surface area contributed by atoms with Crippen molar-refractivity contribution >= 4 is 23.2 Å². The first-order chi connectivity index (χ1) is 11.5. The van der Waals surface area contributed by atoms with E-state index in [0.29, 0.717) is 24.9 Å². The van der Waals surface area contributed by atoms with Crippen molar-refractivity contribution in [2.45, 2.75) is 19.8 Å². The molecule has 0 saturated carbocycles. The van der Waals surface area contributed by atoms with E-state index in [1.165, 1.54) is 6.07 Å². The van der Waals surface area contributed by atoms with E-state index < -0.39 is 17.5 Å². The summed E-state index contributed by atoms with van der Waals surface area (Å²) < 4.78 is 26.1. The van der Waals surface area contributed by atoms with Crippen LogP contribution in [0, 0.1) is 11.6 Å². The Bertz CT molecular complexity index is 821. The molecule has 2 amide bonds. The van der Waals surface area contributed by atoms with Crippen LogP contribution in [0.15, 0.2) is 36.4 Å². The number of nitrogens with one attached hydrogen (secondary N) is 1. The zero-order valence-electron chi connectivity index (χ0n) is 13.1. The van der Waals surface area contributed by atoms with E-state index in [1.807, 2.05) is 6.92 Å². The van der Waals surface area contributed by atoms with Gasteiger partial charge < -0.3 is 10.2 Å². The fourth-order valence-electron chi connectivity index (χ4n) is 2.77. The van der Waals surface area contributed by atoms with E-state index in [-0.39, 0.29) is 11.6 Å². The number of fused-ring (bicyclic) bond motifs is 1. The van der Waals surface area contributed by atoms with Crippen LogP contribution in [0.1, 0.15) is 29.3 Å². The Kier molecular flexibility index (Phi) is 4.29. The molecule has 24 heavy (non-hydrogen) atoms. The fraction of sp³-hybridized carbons (Fsp3) is 0.222. The van der Waals surface area contributed by atoms with E-state index in [9.17, 15) is 18.4 Å². The molecule has 1 aliphatic rings. The summed E-state index contributed by atoms with van der Waals surface area (Å²) in [6.45, 7) is 2.42. The Labute approximate surface area is 138 Å². The molecule has 0 radical (unpaired) electrons. The Hall–Kier alpha value is -2.76. The molecule has 0 fully saturated rings. The number of amides is 2. The van der Waals surface area contributed by atoms with Gasteiger partial charge in [0.15, 0.2) is 11.6 Å². The normalized spacial score (nSPS) is 12.9. The summed E-state index contributed by atoms with van der Waals surface area (Å²) in [5.41, 5.74) is 2.34. The average Bonchev–Trinajstić information content (AvgIpc) is 3.00. The standard InChI is InChI=1S/C18H16F2N2O2/c1-2-17(23)22-8-7-11-9-12(3-6-16(11)22)18(24)21-13-4-5-14(19)15(20)10-13/h3-6,9-10H,2,7-8H2,1H3,(H,21,24). The highest BCUT2D eigenvalue weighted by Crippen LogP contribution is 2.29. The molecule has 124 valence electrons. The second kappa shape index (κ2) is 6.39. The monoisotopic (exact) mass is 330 g/mol. The van der Waals surface area contributed by atoms with Gasteiger partial charge in [-0.15, -0.1) is 0 Å². The van der Waals surface area contributed by atoms with Crippen molar-refractivity contribution < 1.29 is 18.4 Å². The first kappa shape index (κ1) is 16.1. The summed E-state index contributed by atoms with van der Waals surface area (Å²) >= 11 is 0. The minimum Gasteiger partial charge on any atom is -0.322 e. The molecule has 2 aromatic rings. The molecule has 0 atom stereocenters. The highest BCUT2D eigenvalue weighted by Gasteiger charge is 2.24. The number of carbonyl (C=O) groups is 2. The van der Waals surface area contributed by atoms with Crippen LogP contribution >= 0.6 is 0 Å². The minimum atomic E-state index is -1.02. The lowest BCUT2D eigenvalue weighted by Crippen LogP contribution is -2.27. The van der Waals surface area contributed by atoms with Gasteiger partial charge in [0, 0.05) is 36.0 Å². The highest BCUT2D eigenvalue weighted by atomic mass is 19.2. The van der Waals surface area contributed by atoms with Gasteiger partial charge in [0.25, 0.3) is 5.91 Å². The van der Waals surface area contributed by atoms with Crippen LogP contribution in [0.25, 0.3) is 0 Å². The summed E-state index contributed by atoms with van der Waals surface area (Å²) in [6.07, 6.45) is 1.12. The van der Waals surface area contributed by atoms with E-state index in [1.54, 1.807) is 23.1 Å². The van der Waals surface area contributed by atoms with Crippen molar-refractivity contribution in [3.05, 3.63) is 59.2 Å². The molecule has 0 aliphatic carbocycles. The molecule has 1 N–H and O–H groups in total. The lowest BCUT2D eigenvalue weighted by molar-refractivity contribution is -0.118. The lowest BCUT2D eigenvalue weighted by atomic mass is 10.1. The van der Waals surface area contributed by atoms with Gasteiger partial charge in [-0.2, -0.15) is 0 Å². The summed E-state index contributed by atoms with van der Waals surface area (Å²) in [4.78, 5) is 25.9. The number of benzene rings is 2. The predicted molar refractivity (Wildman–Crippen MR) is 87.1 cm³/mol. The van der Waals surface area contributed by atoms with Crippen molar-refractivity contribution in [1.29, 1.82) is 0 Å². The summed E-state index contributed by atoms with van der Waals surface area (Å²) in [7, 11) is 0. The Morgan fingerprint density at radius 1 is 1.12 bits per heavy atom. The van der Waals surface area contributed by atoms with Crippen LogP contribution in [0.2, 0.25) is 0 Å². The van der Waals surface area contributed by atoms with Gasteiger partial charge in [-0.25, -0.2) is 8.78 Å². The zero-order valence-corrected chi connectivity index (χ0v) is 13.1. The van der Waals surface area contributed by atoms with Crippen LogP contribution in [0.4, 0.5) is 20.2 Å². The van der Waals surface area contributed by atoms with Gasteiger partial charge in [0.2, 0.25) is 5.91 Å². The fourth-order valence-corrected chi connectivity index (χ4v) is 2.77. The molecule has 1 heterocycles. The number of hydrogen-bond donors (Lipinski definition) is 1. The second-order valence-corrected chi connectivity index (χ2v) is 5.58. The topological polar surface area (TPSA) is 49.4 Å². The van der Waals surface area contributed by atoms with Gasteiger partial charge in [-0.05, 0) is 42.3 Å². The molecule has 4 nitrogen and oxygen atoms in total. The number of halogens is 2. The van der Waals surface area contributed by atoms with E-state index in [4.69, 9.17) is 0 Å². The number of nitrogens with zero attached hydrogens (tertiary/aromatic N) is 1. The van der Waals surface area contributed by atoms with E-state index in [2.05, 4.69) is 5.32 Å². The summed E-state index contributed by atoms with van der Waals surface area (Å²) in [5.74, 6) is -2.35. The molecular formula is C18H16F2N2O2. The smallest absolute Gasteiger partial charge is 0.255 e. The Balaban J connectivity index is 1.79. The van der Waals surface area contributed by atoms with Gasteiger partial charge in [0.05, 0.1) is 0 Å². The summed E-state index contributed by atoms with van der Waals surface area (Å²) in [6, 6.07) is 8.29. The third kappa shape index (κ3) is 2.99. The maximum absolute atomic E-state index is 13.2. The lowest BCUT2D eigenvalue weighted by Gasteiger charge is -2.16. The SMILES string of the molecule is CCC(=O)N1CCc2cc(C(=O)Nc3ccc(F)c(F)c3)ccc21. The quantitative estimate of drug-likeness (QED) is 0.936. The van der Waals surface area contributed by atoms with Crippen molar-refractivity contribution in [2.75, 3.05) is 16.8 Å². The van der Waals surface area contributed by atoms with Gasteiger partial charge in [0.1, 0.15) is 0 Å². The minimum absolute atomic E-state index is 0.0488. The van der Waals surface area contributed by atoms with Crippen LogP contribution < -0.4 is 10.2 Å².